The first kappa shape index (κ1) is 15.8. The van der Waals surface area contributed by atoms with Gasteiger partial charge in [0, 0.05) is 17.6 Å². The second kappa shape index (κ2) is 6.59. The fraction of sp³-hybridized carbons (Fsp3) is 0.611. The quantitative estimate of drug-likeness (QED) is 0.845. The first-order valence-corrected chi connectivity index (χ1v) is 8.75. The Kier molecular flexibility index (Phi) is 4.74. The van der Waals surface area contributed by atoms with E-state index in [0.29, 0.717) is 12.5 Å². The Labute approximate surface area is 137 Å². The summed E-state index contributed by atoms with van der Waals surface area (Å²) in [6, 6.07) is 8.00. The van der Waals surface area contributed by atoms with Gasteiger partial charge in [0.05, 0.1) is 5.41 Å². The van der Waals surface area contributed by atoms with Crippen LogP contribution in [0.5, 0.6) is 0 Å². The number of benzene rings is 1. The maximum Gasteiger partial charge on any atom is 0.226 e. The molecule has 2 fully saturated rings. The summed E-state index contributed by atoms with van der Waals surface area (Å²) in [5, 5.41) is 3.86. The van der Waals surface area contributed by atoms with Gasteiger partial charge in [-0.1, -0.05) is 36.6 Å². The molecule has 3 nitrogen and oxygen atoms in total. The zero-order chi connectivity index (χ0) is 15.6. The summed E-state index contributed by atoms with van der Waals surface area (Å²) < 4.78 is 0. The zero-order valence-corrected chi connectivity index (χ0v) is 13.7. The molecule has 4 heteroatoms. The molecule has 0 heterocycles. The molecule has 1 unspecified atom stereocenters. The number of hydrogen-bond donors (Lipinski definition) is 2. The maximum atomic E-state index is 12.8. The Morgan fingerprint density at radius 3 is 2.73 bits per heavy atom. The smallest absolute Gasteiger partial charge is 0.226 e. The fourth-order valence-electron chi connectivity index (χ4n) is 3.66. The molecule has 0 spiro atoms. The van der Waals surface area contributed by atoms with Gasteiger partial charge >= 0.3 is 0 Å². The van der Waals surface area contributed by atoms with E-state index in [1.54, 1.807) is 0 Å². The van der Waals surface area contributed by atoms with Crippen LogP contribution in [0.25, 0.3) is 0 Å². The molecular weight excluding hydrogens is 296 g/mol. The Morgan fingerprint density at radius 1 is 1.36 bits per heavy atom. The van der Waals surface area contributed by atoms with Crippen LogP contribution in [0.15, 0.2) is 24.3 Å². The van der Waals surface area contributed by atoms with Crippen LogP contribution in [-0.2, 0) is 11.2 Å². The van der Waals surface area contributed by atoms with E-state index in [1.165, 1.54) is 12.8 Å². The van der Waals surface area contributed by atoms with E-state index in [0.717, 1.165) is 42.7 Å². The van der Waals surface area contributed by atoms with Crippen LogP contribution in [0.3, 0.4) is 0 Å². The first-order chi connectivity index (χ1) is 10.6. The summed E-state index contributed by atoms with van der Waals surface area (Å²) in [6.07, 6.45) is 7.38. The number of halogens is 1. The molecule has 2 aliphatic rings. The van der Waals surface area contributed by atoms with Crippen LogP contribution in [-0.4, -0.2) is 18.5 Å². The number of hydrogen-bond acceptors (Lipinski definition) is 2. The molecule has 0 saturated heterocycles. The molecule has 2 saturated carbocycles. The van der Waals surface area contributed by atoms with Gasteiger partial charge in [-0.3, -0.25) is 4.79 Å². The SMILES string of the molecule is NC(CNC(=O)C1(Cc2cccc(Cl)c2)CCCC1)C1CC1. The normalized spacial score (nSPS) is 21.5. The van der Waals surface area contributed by atoms with Gasteiger partial charge in [-0.2, -0.15) is 0 Å². The molecule has 1 aromatic rings. The summed E-state index contributed by atoms with van der Waals surface area (Å²) in [7, 11) is 0. The highest BCUT2D eigenvalue weighted by Crippen LogP contribution is 2.41. The molecule has 0 aliphatic heterocycles. The highest BCUT2D eigenvalue weighted by molar-refractivity contribution is 6.30. The van der Waals surface area contributed by atoms with E-state index < -0.39 is 0 Å². The van der Waals surface area contributed by atoms with Gasteiger partial charge in [0.1, 0.15) is 0 Å². The molecule has 22 heavy (non-hydrogen) atoms. The van der Waals surface area contributed by atoms with Crippen LogP contribution in [0.4, 0.5) is 0 Å². The van der Waals surface area contributed by atoms with Gasteiger partial charge in [0.15, 0.2) is 0 Å². The predicted molar refractivity (Wildman–Crippen MR) is 89.8 cm³/mol. The molecule has 3 rings (SSSR count). The van der Waals surface area contributed by atoms with Crippen molar-refractivity contribution < 1.29 is 4.79 Å². The molecule has 0 radical (unpaired) electrons. The van der Waals surface area contributed by atoms with Crippen molar-refractivity contribution in [2.24, 2.45) is 17.1 Å². The van der Waals surface area contributed by atoms with E-state index >= 15 is 0 Å². The maximum absolute atomic E-state index is 12.8. The van der Waals surface area contributed by atoms with E-state index in [2.05, 4.69) is 11.4 Å². The van der Waals surface area contributed by atoms with Gasteiger partial charge in [0.2, 0.25) is 5.91 Å². The summed E-state index contributed by atoms with van der Waals surface area (Å²) in [4.78, 5) is 12.8. The Morgan fingerprint density at radius 2 is 2.09 bits per heavy atom. The fourth-order valence-corrected chi connectivity index (χ4v) is 3.88. The minimum absolute atomic E-state index is 0.119. The van der Waals surface area contributed by atoms with Gasteiger partial charge in [-0.15, -0.1) is 0 Å². The molecule has 3 N–H and O–H groups in total. The van der Waals surface area contributed by atoms with E-state index in [9.17, 15) is 4.79 Å². The van der Waals surface area contributed by atoms with Gasteiger partial charge in [-0.25, -0.2) is 0 Å². The first-order valence-electron chi connectivity index (χ1n) is 8.37. The van der Waals surface area contributed by atoms with E-state index in [1.807, 2.05) is 18.2 Å². The standard InChI is InChI=1S/C18H25ClN2O/c19-15-5-3-4-13(10-15)11-18(8-1-2-9-18)17(22)21-12-16(20)14-6-7-14/h3-5,10,14,16H,1-2,6-9,11-12,20H2,(H,21,22). The molecule has 0 bridgehead atoms. The lowest BCUT2D eigenvalue weighted by Gasteiger charge is -2.28. The predicted octanol–water partition coefficient (Wildman–Crippen LogP) is 3.30. The lowest BCUT2D eigenvalue weighted by molar-refractivity contribution is -0.130. The number of nitrogens with two attached hydrogens (primary N) is 1. The summed E-state index contributed by atoms with van der Waals surface area (Å²) in [5.74, 6) is 0.800. The monoisotopic (exact) mass is 320 g/mol. The van der Waals surface area contributed by atoms with Gasteiger partial charge < -0.3 is 11.1 Å². The van der Waals surface area contributed by atoms with E-state index in [4.69, 9.17) is 17.3 Å². The number of nitrogens with one attached hydrogen (secondary N) is 1. The molecule has 1 atom stereocenters. The van der Waals surface area contributed by atoms with Crippen molar-refractivity contribution in [1.82, 2.24) is 5.32 Å². The van der Waals surface area contributed by atoms with Crippen LogP contribution in [0.1, 0.15) is 44.1 Å². The average Bonchev–Trinajstić information content (AvgIpc) is 3.25. The zero-order valence-electron chi connectivity index (χ0n) is 13.0. The number of amides is 1. The van der Waals surface area contributed by atoms with Crippen molar-refractivity contribution in [2.45, 2.75) is 51.0 Å². The third-order valence-corrected chi connectivity index (χ3v) is 5.43. The van der Waals surface area contributed by atoms with Gasteiger partial charge in [-0.05, 0) is 55.7 Å². The summed E-state index contributed by atoms with van der Waals surface area (Å²) in [5.41, 5.74) is 6.99. The van der Waals surface area contributed by atoms with Crippen molar-refractivity contribution >= 4 is 17.5 Å². The van der Waals surface area contributed by atoms with Crippen LogP contribution >= 0.6 is 11.6 Å². The summed E-state index contributed by atoms with van der Waals surface area (Å²) in [6.45, 7) is 0.612. The molecule has 0 aromatic heterocycles. The lowest BCUT2D eigenvalue weighted by Crippen LogP contribution is -2.46. The second-order valence-corrected chi connectivity index (χ2v) is 7.44. The Hall–Kier alpha value is -1.06. The van der Waals surface area contributed by atoms with Crippen molar-refractivity contribution in [3.05, 3.63) is 34.9 Å². The highest BCUT2D eigenvalue weighted by atomic mass is 35.5. The largest absolute Gasteiger partial charge is 0.354 e. The average molecular weight is 321 g/mol. The molecule has 1 aromatic carbocycles. The van der Waals surface area contributed by atoms with Crippen molar-refractivity contribution in [1.29, 1.82) is 0 Å². The van der Waals surface area contributed by atoms with E-state index in [-0.39, 0.29) is 17.4 Å². The lowest BCUT2D eigenvalue weighted by atomic mass is 9.79. The second-order valence-electron chi connectivity index (χ2n) is 7.01. The molecule has 1 amide bonds. The third-order valence-electron chi connectivity index (χ3n) is 5.20. The minimum atomic E-state index is -0.270. The number of carbonyl (C=O) groups is 1. The molecule has 2 aliphatic carbocycles. The third kappa shape index (κ3) is 3.64. The van der Waals surface area contributed by atoms with Crippen molar-refractivity contribution in [2.75, 3.05) is 6.54 Å². The molecule has 120 valence electrons. The van der Waals surface area contributed by atoms with Crippen LogP contribution < -0.4 is 11.1 Å². The highest BCUT2D eigenvalue weighted by Gasteiger charge is 2.41. The van der Waals surface area contributed by atoms with Gasteiger partial charge in [0.25, 0.3) is 0 Å². The van der Waals surface area contributed by atoms with Crippen LogP contribution in [0, 0.1) is 11.3 Å². The minimum Gasteiger partial charge on any atom is -0.354 e. The molecular formula is C18H25ClN2O. The number of rotatable bonds is 6. The Bertz CT molecular complexity index is 536. The summed E-state index contributed by atoms with van der Waals surface area (Å²) >= 11 is 6.08. The number of carbonyl (C=O) groups excluding carboxylic acids is 1. The van der Waals surface area contributed by atoms with Crippen molar-refractivity contribution in [3.8, 4) is 0 Å². The van der Waals surface area contributed by atoms with Crippen molar-refractivity contribution in [3.63, 3.8) is 0 Å². The van der Waals surface area contributed by atoms with Crippen LogP contribution in [0.2, 0.25) is 5.02 Å². The Balaban J connectivity index is 1.66. The topological polar surface area (TPSA) is 55.1 Å².